The zero-order chi connectivity index (χ0) is 33.6. The summed E-state index contributed by atoms with van der Waals surface area (Å²) < 4.78 is 19.2. The highest BCUT2D eigenvalue weighted by Gasteiger charge is 2.77. The van der Waals surface area contributed by atoms with Crippen LogP contribution in [-0.4, -0.2) is 50.5 Å². The summed E-state index contributed by atoms with van der Waals surface area (Å²) in [5.74, 6) is -7.57. The van der Waals surface area contributed by atoms with Crippen LogP contribution in [-0.2, 0) is 19.2 Å². The maximum absolute atomic E-state index is 14.4. The number of hydrogen-bond donors (Lipinski definition) is 1. The molecule has 2 saturated heterocycles. The number of aromatic hydroxyl groups is 1. The first-order valence-electron chi connectivity index (χ1n) is 14.5. The van der Waals surface area contributed by atoms with Crippen LogP contribution in [0.25, 0.3) is 0 Å². The molecule has 7 rings (SSSR count). The lowest BCUT2D eigenvalue weighted by atomic mass is 9.56. The molecule has 240 valence electrons. The molecule has 0 spiro atoms. The van der Waals surface area contributed by atoms with Gasteiger partial charge in [-0.2, -0.15) is 0 Å². The van der Waals surface area contributed by atoms with E-state index in [0.717, 1.165) is 21.9 Å². The number of imide groups is 2. The van der Waals surface area contributed by atoms with Crippen molar-refractivity contribution in [3.8, 4) is 11.5 Å². The number of halogens is 3. The SMILES string of the molecule is COc1ccc(O)c(C2C3=CCC4C(=O)N(c5ccc([N+](=O)[O-])cc5)C(=O)C4C3CC3(Cl)C(=O)N(c4ccc(F)cc4)C(=O)C23Cl)c1. The Hall–Kier alpha value is -4.81. The van der Waals surface area contributed by atoms with Crippen LogP contribution in [0, 0.1) is 33.7 Å². The molecule has 6 atom stereocenters. The van der Waals surface area contributed by atoms with E-state index in [0.29, 0.717) is 11.3 Å². The third-order valence-corrected chi connectivity index (χ3v) is 11.2. The molecule has 4 amide bonds. The Kier molecular flexibility index (Phi) is 6.96. The lowest BCUT2D eigenvalue weighted by molar-refractivity contribution is -0.384. The minimum absolute atomic E-state index is 0.0239. The van der Waals surface area contributed by atoms with Crippen molar-refractivity contribution in [2.75, 3.05) is 16.9 Å². The largest absolute Gasteiger partial charge is 0.508 e. The van der Waals surface area contributed by atoms with Crippen molar-refractivity contribution >= 4 is 63.9 Å². The number of nitro benzene ring substituents is 1. The number of alkyl halides is 2. The van der Waals surface area contributed by atoms with Gasteiger partial charge in [0.15, 0.2) is 9.75 Å². The highest BCUT2D eigenvalue weighted by atomic mass is 35.5. The maximum Gasteiger partial charge on any atom is 0.269 e. The average Bonchev–Trinajstić information content (AvgIpc) is 3.39. The molecule has 2 aliphatic carbocycles. The molecule has 0 aromatic heterocycles. The minimum atomic E-state index is -2.23. The number of benzene rings is 3. The zero-order valence-electron chi connectivity index (χ0n) is 24.4. The van der Waals surface area contributed by atoms with Gasteiger partial charge in [0, 0.05) is 23.6 Å². The molecule has 2 heterocycles. The van der Waals surface area contributed by atoms with Gasteiger partial charge in [-0.25, -0.2) is 9.29 Å². The van der Waals surface area contributed by atoms with E-state index in [2.05, 4.69) is 0 Å². The molecular formula is C33H24Cl2FN3O8. The van der Waals surface area contributed by atoms with Gasteiger partial charge in [0.1, 0.15) is 17.3 Å². The molecule has 6 unspecified atom stereocenters. The van der Waals surface area contributed by atoms with Crippen molar-refractivity contribution in [2.24, 2.45) is 17.8 Å². The summed E-state index contributed by atoms with van der Waals surface area (Å²) in [4.78, 5) is 64.6. The van der Waals surface area contributed by atoms with Crippen LogP contribution < -0.4 is 14.5 Å². The third kappa shape index (κ3) is 4.17. The van der Waals surface area contributed by atoms with Crippen LogP contribution in [0.5, 0.6) is 11.5 Å². The van der Waals surface area contributed by atoms with Crippen LogP contribution in [0.1, 0.15) is 24.3 Å². The lowest BCUT2D eigenvalue weighted by Gasteiger charge is -2.50. The topological polar surface area (TPSA) is 147 Å². The number of fused-ring (bicyclic) bond motifs is 4. The third-order valence-electron chi connectivity index (χ3n) is 9.76. The van der Waals surface area contributed by atoms with E-state index >= 15 is 0 Å². The van der Waals surface area contributed by atoms with E-state index in [1.54, 1.807) is 6.08 Å². The van der Waals surface area contributed by atoms with Crippen LogP contribution >= 0.6 is 23.2 Å². The van der Waals surface area contributed by atoms with Crippen LogP contribution in [0.3, 0.4) is 0 Å². The maximum atomic E-state index is 14.4. The second-order valence-electron chi connectivity index (χ2n) is 12.0. The molecule has 3 aromatic carbocycles. The number of carbonyl (C=O) groups excluding carboxylic acids is 4. The first-order chi connectivity index (χ1) is 22.3. The first kappa shape index (κ1) is 30.8. The van der Waals surface area contributed by atoms with Gasteiger partial charge in [0.05, 0.1) is 35.2 Å². The number of rotatable bonds is 5. The number of non-ortho nitro benzene ring substituents is 1. The Morgan fingerprint density at radius 2 is 1.55 bits per heavy atom. The van der Waals surface area contributed by atoms with Crippen molar-refractivity contribution in [2.45, 2.75) is 28.5 Å². The van der Waals surface area contributed by atoms with Crippen LogP contribution in [0.15, 0.2) is 78.4 Å². The number of phenolic OH excluding ortho intramolecular Hbond substituents is 1. The van der Waals surface area contributed by atoms with E-state index < -0.39 is 67.8 Å². The number of nitro groups is 1. The second-order valence-corrected chi connectivity index (χ2v) is 13.2. The van der Waals surface area contributed by atoms with Gasteiger partial charge in [-0.3, -0.25) is 34.2 Å². The average molecular weight is 680 g/mol. The fourth-order valence-corrected chi connectivity index (χ4v) is 8.54. The number of phenols is 1. The minimum Gasteiger partial charge on any atom is -0.508 e. The van der Waals surface area contributed by atoms with Gasteiger partial charge in [-0.1, -0.05) is 11.6 Å². The number of hydrogen-bond acceptors (Lipinski definition) is 8. The Labute approximate surface area is 276 Å². The number of allylic oxidation sites excluding steroid dienone is 2. The summed E-state index contributed by atoms with van der Waals surface area (Å²) in [6.07, 6.45) is 1.46. The predicted octanol–water partition coefficient (Wildman–Crippen LogP) is 5.22. The fraction of sp³-hybridized carbons (Fsp3) is 0.273. The number of anilines is 2. The van der Waals surface area contributed by atoms with Gasteiger partial charge in [-0.05, 0) is 73.4 Å². The smallest absolute Gasteiger partial charge is 0.269 e. The number of carbonyl (C=O) groups is 4. The standard InChI is InChI=1S/C33H24Cl2FN3O8/c1-47-20-10-13-25(40)23(14-20)27-21-11-12-22-26(29(42)37(28(22)41)17-6-8-19(9-7-17)39(45)46)24(21)15-32(34)30(43)38(31(44)33(27,32)35)18-4-2-16(36)3-5-18/h2-11,13-14,22,24,26-27,40H,12,15H2,1H3. The summed E-state index contributed by atoms with van der Waals surface area (Å²) in [5, 5.41) is 22.4. The summed E-state index contributed by atoms with van der Waals surface area (Å²) in [6, 6.07) is 13.9. The normalized spacial score (nSPS) is 29.7. The van der Waals surface area contributed by atoms with Crippen molar-refractivity contribution < 1.29 is 38.3 Å². The molecular weight excluding hydrogens is 656 g/mol. The number of methoxy groups -OCH3 is 1. The molecule has 1 N–H and O–H groups in total. The Bertz CT molecular complexity index is 1940. The Morgan fingerprint density at radius 3 is 2.19 bits per heavy atom. The van der Waals surface area contributed by atoms with E-state index in [1.165, 1.54) is 61.7 Å². The number of nitrogens with zero attached hydrogens (tertiary/aromatic N) is 3. The number of amides is 4. The molecule has 1 saturated carbocycles. The van der Waals surface area contributed by atoms with Crippen LogP contribution in [0.2, 0.25) is 0 Å². The van der Waals surface area contributed by atoms with Crippen LogP contribution in [0.4, 0.5) is 21.5 Å². The lowest BCUT2D eigenvalue weighted by Crippen LogP contribution is -2.60. The van der Waals surface area contributed by atoms with E-state index in [9.17, 15) is 38.8 Å². The molecule has 11 nitrogen and oxygen atoms in total. The van der Waals surface area contributed by atoms with Gasteiger partial charge in [0.25, 0.3) is 17.5 Å². The molecule has 0 radical (unpaired) electrons. The highest BCUT2D eigenvalue weighted by molar-refractivity contribution is 6.58. The zero-order valence-corrected chi connectivity index (χ0v) is 25.9. The van der Waals surface area contributed by atoms with E-state index in [1.807, 2.05) is 0 Å². The van der Waals surface area contributed by atoms with E-state index in [4.69, 9.17) is 27.9 Å². The van der Waals surface area contributed by atoms with Gasteiger partial charge >= 0.3 is 0 Å². The summed E-state index contributed by atoms with van der Waals surface area (Å²) in [5.41, 5.74) is 0.497. The molecule has 4 aliphatic rings. The van der Waals surface area contributed by atoms with Crippen molar-refractivity contribution in [3.05, 3.63) is 99.9 Å². The second kappa shape index (κ2) is 10.6. The molecule has 47 heavy (non-hydrogen) atoms. The van der Waals surface area contributed by atoms with Crippen molar-refractivity contribution in [1.29, 1.82) is 0 Å². The van der Waals surface area contributed by atoms with E-state index in [-0.39, 0.29) is 41.2 Å². The Morgan fingerprint density at radius 1 is 0.915 bits per heavy atom. The fourth-order valence-electron chi connectivity index (χ4n) is 7.61. The van der Waals surface area contributed by atoms with Crippen molar-refractivity contribution in [1.82, 2.24) is 0 Å². The highest BCUT2D eigenvalue weighted by Crippen LogP contribution is 2.66. The summed E-state index contributed by atoms with van der Waals surface area (Å²) >= 11 is 14.6. The number of ether oxygens (including phenoxy) is 1. The predicted molar refractivity (Wildman–Crippen MR) is 167 cm³/mol. The van der Waals surface area contributed by atoms with Gasteiger partial charge < -0.3 is 9.84 Å². The first-order valence-corrected chi connectivity index (χ1v) is 15.3. The summed E-state index contributed by atoms with van der Waals surface area (Å²) in [7, 11) is 1.41. The van der Waals surface area contributed by atoms with Gasteiger partial charge in [0.2, 0.25) is 11.8 Å². The molecule has 3 fully saturated rings. The van der Waals surface area contributed by atoms with Gasteiger partial charge in [-0.15, -0.1) is 23.2 Å². The molecule has 14 heteroatoms. The molecule has 3 aromatic rings. The van der Waals surface area contributed by atoms with Crippen molar-refractivity contribution in [3.63, 3.8) is 0 Å². The Balaban J connectivity index is 1.39. The quantitative estimate of drug-likeness (QED) is 0.127. The summed E-state index contributed by atoms with van der Waals surface area (Å²) in [6.45, 7) is 0. The molecule has 2 aliphatic heterocycles. The monoisotopic (exact) mass is 679 g/mol. The molecule has 0 bridgehead atoms.